The highest BCUT2D eigenvalue weighted by atomic mass is 16.6. The van der Waals surface area contributed by atoms with Crippen LogP contribution in [0.5, 0.6) is 0 Å². The monoisotopic (exact) mass is 884 g/mol. The van der Waals surface area contributed by atoms with Crippen LogP contribution in [-0.2, 0) is 47.6 Å². The number of aliphatic hydroxyl groups excluding tert-OH is 2. The number of hydrogen-bond donors (Lipinski definition) is 4. The van der Waals surface area contributed by atoms with Gasteiger partial charge >= 0.3 is 30.0 Å². The first-order valence-electron chi connectivity index (χ1n) is 21.1. The molecule has 4 aliphatic rings. The van der Waals surface area contributed by atoms with E-state index in [0.717, 1.165) is 6.92 Å². The van der Waals surface area contributed by atoms with Gasteiger partial charge in [-0.2, -0.15) is 0 Å². The number of alkyl carbamates (subject to hydrolysis) is 1. The molecular formula is C44H60N4O15. The van der Waals surface area contributed by atoms with E-state index in [0.29, 0.717) is 0 Å². The molecule has 1 aliphatic heterocycles. The predicted octanol–water partition coefficient (Wildman–Crippen LogP) is 4.84. The summed E-state index contributed by atoms with van der Waals surface area (Å²) in [4.78, 5) is 86.2. The van der Waals surface area contributed by atoms with Crippen molar-refractivity contribution in [1.29, 1.82) is 0 Å². The highest BCUT2D eigenvalue weighted by Gasteiger charge is 2.78. The van der Waals surface area contributed by atoms with Gasteiger partial charge in [0.1, 0.15) is 29.5 Å². The molecule has 0 unspecified atom stereocenters. The smallest absolute Gasteiger partial charge is 0.407 e. The quantitative estimate of drug-likeness (QED) is 0.0546. The van der Waals surface area contributed by atoms with E-state index in [-0.39, 0.29) is 54.2 Å². The molecule has 63 heavy (non-hydrogen) atoms. The van der Waals surface area contributed by atoms with Crippen LogP contribution in [0.15, 0.2) is 40.5 Å². The zero-order valence-corrected chi connectivity index (χ0v) is 37.6. The molecule has 0 spiro atoms. The molecule has 0 radical (unpaired) electrons. The van der Waals surface area contributed by atoms with E-state index in [1.165, 1.54) is 58.9 Å². The van der Waals surface area contributed by atoms with Gasteiger partial charge in [0.05, 0.1) is 35.6 Å². The molecule has 2 bridgehead atoms. The second kappa shape index (κ2) is 17.8. The number of fused-ring (bicyclic) bond motifs is 5. The number of ether oxygens (including phenoxy) is 6. The normalized spacial score (nSPS) is 31.8. The van der Waals surface area contributed by atoms with Crippen molar-refractivity contribution in [3.05, 3.63) is 51.4 Å². The molecule has 3 fully saturated rings. The molecule has 1 aromatic rings. The fourth-order valence-electron chi connectivity index (χ4n) is 9.85. The molecule has 346 valence electrons. The SMILES string of the molecule is CCC(=O)O[C@H]1C(=O)[C@@]2(C)[C@H]([C@H](OC(=O)c3cccc(N=[N+]=[N-])c3)[C@]3(O)C[C@H](OC(=O)[C@H](O)[C@H](CC(C)C)NC(=O)OC(C)(C)C)C(C)=C1C3(C)C)[C@]1(OC(C)=O)CO[C@@H]1C[C@@H]2O. The lowest BCUT2D eigenvalue weighted by atomic mass is 9.44. The number of amides is 1. The maximum atomic E-state index is 15.6. The number of Topliss-reactive ketones (excluding diaryl/α,β-unsaturated/α-hetero) is 1. The highest BCUT2D eigenvalue weighted by molar-refractivity contribution is 5.96. The molecule has 2 saturated carbocycles. The summed E-state index contributed by atoms with van der Waals surface area (Å²) in [6.45, 7) is 16.7. The van der Waals surface area contributed by atoms with E-state index in [1.54, 1.807) is 20.8 Å². The molecule has 19 nitrogen and oxygen atoms in total. The van der Waals surface area contributed by atoms with Crippen LogP contribution in [0.1, 0.15) is 112 Å². The largest absolute Gasteiger partial charge is 0.456 e. The minimum absolute atomic E-state index is 0.0345. The predicted molar refractivity (Wildman–Crippen MR) is 221 cm³/mol. The van der Waals surface area contributed by atoms with Crippen molar-refractivity contribution in [1.82, 2.24) is 5.32 Å². The summed E-state index contributed by atoms with van der Waals surface area (Å²) >= 11 is 0. The maximum absolute atomic E-state index is 15.6. The Morgan fingerprint density at radius 3 is 2.32 bits per heavy atom. The first-order chi connectivity index (χ1) is 29.2. The maximum Gasteiger partial charge on any atom is 0.407 e. The van der Waals surface area contributed by atoms with Crippen LogP contribution >= 0.6 is 0 Å². The van der Waals surface area contributed by atoms with Crippen LogP contribution in [-0.4, -0.2) is 117 Å². The topological polar surface area (TPSA) is 279 Å². The lowest BCUT2D eigenvalue weighted by molar-refractivity contribution is -0.346. The van der Waals surface area contributed by atoms with Gasteiger partial charge in [0, 0.05) is 42.2 Å². The van der Waals surface area contributed by atoms with E-state index in [9.17, 15) is 39.3 Å². The van der Waals surface area contributed by atoms with Crippen molar-refractivity contribution in [2.24, 2.45) is 27.8 Å². The summed E-state index contributed by atoms with van der Waals surface area (Å²) in [6.07, 6.45) is -11.8. The number of ketones is 1. The van der Waals surface area contributed by atoms with E-state index < -0.39 is 118 Å². The van der Waals surface area contributed by atoms with Crippen molar-refractivity contribution in [3.8, 4) is 0 Å². The van der Waals surface area contributed by atoms with Gasteiger partial charge in [-0.15, -0.1) is 0 Å². The third-order valence-corrected chi connectivity index (χ3v) is 13.0. The second-order valence-electron chi connectivity index (χ2n) is 19.1. The van der Waals surface area contributed by atoms with Gasteiger partial charge in [0.15, 0.2) is 23.6 Å². The average Bonchev–Trinajstić information content (AvgIpc) is 3.17. The van der Waals surface area contributed by atoms with Crippen molar-refractivity contribution in [2.45, 2.75) is 161 Å². The Morgan fingerprint density at radius 2 is 1.76 bits per heavy atom. The Labute approximate surface area is 365 Å². The molecule has 0 aromatic heterocycles. The van der Waals surface area contributed by atoms with Crippen LogP contribution < -0.4 is 5.32 Å². The first-order valence-corrected chi connectivity index (χ1v) is 21.1. The Kier molecular flexibility index (Phi) is 13.9. The number of nitrogens with zero attached hydrogens (tertiary/aromatic N) is 3. The Bertz CT molecular complexity index is 2090. The van der Waals surface area contributed by atoms with Gasteiger partial charge in [0.25, 0.3) is 0 Å². The molecule has 11 atom stereocenters. The first kappa shape index (κ1) is 49.0. The zero-order chi connectivity index (χ0) is 47.2. The van der Waals surface area contributed by atoms with Gasteiger partial charge in [-0.25, -0.2) is 14.4 Å². The third kappa shape index (κ3) is 9.03. The lowest BCUT2D eigenvalue weighted by Crippen LogP contribution is -2.82. The molecule has 1 saturated heterocycles. The second-order valence-corrected chi connectivity index (χ2v) is 19.1. The fourth-order valence-corrected chi connectivity index (χ4v) is 9.85. The number of hydrogen-bond acceptors (Lipinski definition) is 16. The van der Waals surface area contributed by atoms with Gasteiger partial charge in [-0.05, 0) is 75.8 Å². The zero-order valence-electron chi connectivity index (χ0n) is 37.6. The van der Waals surface area contributed by atoms with Crippen LogP contribution in [0.3, 0.4) is 0 Å². The average molecular weight is 885 g/mol. The number of benzene rings is 1. The molecule has 5 rings (SSSR count). The van der Waals surface area contributed by atoms with Crippen LogP contribution in [0.25, 0.3) is 10.4 Å². The van der Waals surface area contributed by atoms with Crippen molar-refractivity contribution in [3.63, 3.8) is 0 Å². The minimum atomic E-state index is -2.46. The number of nitrogens with one attached hydrogen (secondary N) is 1. The van der Waals surface area contributed by atoms with E-state index >= 15 is 4.79 Å². The Hall–Kier alpha value is -5.07. The number of carbonyl (C=O) groups is 6. The summed E-state index contributed by atoms with van der Waals surface area (Å²) in [5.74, 6) is -6.64. The number of esters is 4. The third-order valence-electron chi connectivity index (χ3n) is 13.0. The molecule has 1 aromatic carbocycles. The highest BCUT2D eigenvalue weighted by Crippen LogP contribution is 2.64. The van der Waals surface area contributed by atoms with Gasteiger partial charge in [-0.1, -0.05) is 51.9 Å². The van der Waals surface area contributed by atoms with E-state index in [2.05, 4.69) is 15.3 Å². The Balaban J connectivity index is 1.75. The molecule has 3 aliphatic carbocycles. The Morgan fingerprint density at radius 1 is 1.10 bits per heavy atom. The van der Waals surface area contributed by atoms with Gasteiger partial charge < -0.3 is 49.1 Å². The number of carbonyl (C=O) groups excluding carboxylic acids is 6. The summed E-state index contributed by atoms with van der Waals surface area (Å²) < 4.78 is 35.7. The van der Waals surface area contributed by atoms with Gasteiger partial charge in [0.2, 0.25) is 0 Å². The fraction of sp³-hybridized carbons (Fsp3) is 0.682. The summed E-state index contributed by atoms with van der Waals surface area (Å²) in [7, 11) is 0. The molecule has 19 heteroatoms. The number of azide groups is 1. The van der Waals surface area contributed by atoms with Crippen LogP contribution in [0.2, 0.25) is 0 Å². The van der Waals surface area contributed by atoms with E-state index in [1.807, 2.05) is 13.8 Å². The van der Waals surface area contributed by atoms with Crippen LogP contribution in [0, 0.1) is 22.7 Å². The van der Waals surface area contributed by atoms with Crippen molar-refractivity contribution < 1.29 is 72.5 Å². The van der Waals surface area contributed by atoms with Crippen LogP contribution in [0.4, 0.5) is 10.5 Å². The number of aliphatic hydroxyl groups is 3. The molecule has 4 N–H and O–H groups in total. The lowest BCUT2D eigenvalue weighted by Gasteiger charge is -2.67. The molecular weight excluding hydrogens is 824 g/mol. The summed E-state index contributed by atoms with van der Waals surface area (Å²) in [6, 6.07) is 4.23. The molecule has 1 amide bonds. The molecule has 1 heterocycles. The number of rotatable bonds is 12. The minimum Gasteiger partial charge on any atom is -0.456 e. The van der Waals surface area contributed by atoms with E-state index in [4.69, 9.17) is 34.0 Å². The standard InChI is InChI=1S/C44H60N4O15/c1-12-30(51)60-33-31-22(4)27(59-38(55)32(52)26(16-21(2)3)46-39(56)63-40(6,7)8)19-44(57,41(31,9)10)36(61-37(54)24-14-13-15-25(17-24)47-48-45)34-42(11,35(33)53)28(50)18-29-43(34,20-58-29)62-23(5)49/h13-15,17,21,26-29,32-34,36,50,52,57H,12,16,18-20H2,1-11H3,(H,46,56)/t26-,27-,28-,29+,32+,33+,34-,36-,42+,43-,44+/m0/s1. The summed E-state index contributed by atoms with van der Waals surface area (Å²) in [5, 5.41) is 43.5. The van der Waals surface area contributed by atoms with Crippen molar-refractivity contribution >= 4 is 41.4 Å². The summed E-state index contributed by atoms with van der Waals surface area (Å²) in [5.41, 5.74) is 0.0637. The van der Waals surface area contributed by atoms with Gasteiger partial charge in [-0.3, -0.25) is 14.4 Å². The van der Waals surface area contributed by atoms with Crippen molar-refractivity contribution in [2.75, 3.05) is 6.61 Å².